The summed E-state index contributed by atoms with van der Waals surface area (Å²) >= 11 is 0. The van der Waals surface area contributed by atoms with Gasteiger partial charge in [-0.2, -0.15) is 0 Å². The van der Waals surface area contributed by atoms with E-state index in [2.05, 4.69) is 25.8 Å². The SMILES string of the molecule is CC1CCC(CN)(CN(C)C(C)C2CC2)CC1. The van der Waals surface area contributed by atoms with E-state index in [-0.39, 0.29) is 0 Å². The second-order valence-corrected chi connectivity index (χ2v) is 6.88. The van der Waals surface area contributed by atoms with Crippen LogP contribution in [0.3, 0.4) is 0 Å². The molecule has 1 unspecified atom stereocenters. The van der Waals surface area contributed by atoms with Gasteiger partial charge in [0.1, 0.15) is 0 Å². The zero-order chi connectivity index (χ0) is 12.5. The Hall–Kier alpha value is -0.0800. The first kappa shape index (κ1) is 13.4. The largest absolute Gasteiger partial charge is 0.330 e. The van der Waals surface area contributed by atoms with Crippen molar-refractivity contribution in [2.45, 2.75) is 58.4 Å². The van der Waals surface area contributed by atoms with Crippen molar-refractivity contribution in [3.05, 3.63) is 0 Å². The van der Waals surface area contributed by atoms with Gasteiger partial charge in [0.25, 0.3) is 0 Å². The number of nitrogens with zero attached hydrogens (tertiary/aromatic N) is 1. The Balaban J connectivity index is 1.89. The van der Waals surface area contributed by atoms with Crippen LogP contribution < -0.4 is 5.73 Å². The van der Waals surface area contributed by atoms with E-state index in [4.69, 9.17) is 5.73 Å². The van der Waals surface area contributed by atoms with Gasteiger partial charge in [0.15, 0.2) is 0 Å². The van der Waals surface area contributed by atoms with E-state index in [1.807, 2.05) is 0 Å². The Morgan fingerprint density at radius 1 is 1.24 bits per heavy atom. The predicted octanol–water partition coefficient (Wildman–Crippen LogP) is 2.87. The standard InChI is InChI=1S/C15H30N2/c1-12-6-8-15(10-16,9-7-12)11-17(3)13(2)14-4-5-14/h12-14H,4-11,16H2,1-3H3. The molecular weight excluding hydrogens is 208 g/mol. The number of rotatable bonds is 5. The molecule has 0 aromatic rings. The molecule has 2 aliphatic carbocycles. The lowest BCUT2D eigenvalue weighted by molar-refractivity contribution is 0.0848. The molecule has 0 bridgehead atoms. The highest BCUT2D eigenvalue weighted by Crippen LogP contribution is 2.41. The van der Waals surface area contributed by atoms with E-state index < -0.39 is 0 Å². The van der Waals surface area contributed by atoms with Crippen molar-refractivity contribution in [3.63, 3.8) is 0 Å². The molecule has 2 rings (SSSR count). The molecule has 2 nitrogen and oxygen atoms in total. The van der Waals surface area contributed by atoms with Crippen LogP contribution in [0, 0.1) is 17.3 Å². The summed E-state index contributed by atoms with van der Waals surface area (Å²) in [7, 11) is 2.30. The highest BCUT2D eigenvalue weighted by molar-refractivity contribution is 4.91. The third-order valence-electron chi connectivity index (χ3n) is 5.35. The third kappa shape index (κ3) is 3.23. The number of hydrogen-bond donors (Lipinski definition) is 1. The van der Waals surface area contributed by atoms with Crippen LogP contribution in [0.15, 0.2) is 0 Å². The van der Waals surface area contributed by atoms with E-state index in [0.717, 1.165) is 24.4 Å². The van der Waals surface area contributed by atoms with Crippen LogP contribution in [-0.4, -0.2) is 31.1 Å². The maximum absolute atomic E-state index is 6.10. The first-order valence-corrected chi connectivity index (χ1v) is 7.47. The van der Waals surface area contributed by atoms with Gasteiger partial charge in [-0.05, 0) is 63.5 Å². The van der Waals surface area contributed by atoms with Gasteiger partial charge in [0.2, 0.25) is 0 Å². The second-order valence-electron chi connectivity index (χ2n) is 6.88. The first-order chi connectivity index (χ1) is 8.06. The van der Waals surface area contributed by atoms with Crippen LogP contribution in [-0.2, 0) is 0 Å². The fourth-order valence-electron chi connectivity index (χ4n) is 3.41. The second kappa shape index (κ2) is 5.27. The molecule has 0 aromatic carbocycles. The summed E-state index contributed by atoms with van der Waals surface area (Å²) in [5, 5.41) is 0. The predicted molar refractivity (Wildman–Crippen MR) is 73.9 cm³/mol. The first-order valence-electron chi connectivity index (χ1n) is 7.47. The van der Waals surface area contributed by atoms with E-state index in [1.54, 1.807) is 0 Å². The Morgan fingerprint density at radius 2 is 1.82 bits per heavy atom. The van der Waals surface area contributed by atoms with E-state index in [9.17, 15) is 0 Å². The topological polar surface area (TPSA) is 29.3 Å². The summed E-state index contributed by atoms with van der Waals surface area (Å²) in [4.78, 5) is 2.58. The molecule has 0 heterocycles. The minimum absolute atomic E-state index is 0.421. The van der Waals surface area contributed by atoms with Crippen molar-refractivity contribution >= 4 is 0 Å². The Bertz CT molecular complexity index is 239. The van der Waals surface area contributed by atoms with Crippen LogP contribution in [0.4, 0.5) is 0 Å². The molecule has 2 fully saturated rings. The smallest absolute Gasteiger partial charge is 0.00923 e. The molecule has 2 N–H and O–H groups in total. The van der Waals surface area contributed by atoms with Gasteiger partial charge in [-0.3, -0.25) is 0 Å². The average molecular weight is 238 g/mol. The Labute approximate surface area is 107 Å². The summed E-state index contributed by atoms with van der Waals surface area (Å²) in [5.41, 5.74) is 6.52. The van der Waals surface area contributed by atoms with Gasteiger partial charge in [-0.25, -0.2) is 0 Å². The highest BCUT2D eigenvalue weighted by atomic mass is 15.1. The molecule has 0 aliphatic heterocycles. The molecule has 17 heavy (non-hydrogen) atoms. The summed E-state index contributed by atoms with van der Waals surface area (Å²) in [6.07, 6.45) is 8.32. The minimum Gasteiger partial charge on any atom is -0.330 e. The van der Waals surface area contributed by atoms with Crippen LogP contribution in [0.1, 0.15) is 52.4 Å². The lowest BCUT2D eigenvalue weighted by Crippen LogP contribution is -2.46. The van der Waals surface area contributed by atoms with Gasteiger partial charge < -0.3 is 10.6 Å². The molecule has 0 amide bonds. The normalized spacial score (nSPS) is 36.2. The quantitative estimate of drug-likeness (QED) is 0.798. The maximum atomic E-state index is 6.10. The molecule has 1 atom stereocenters. The summed E-state index contributed by atoms with van der Waals surface area (Å²) in [6.45, 7) is 6.87. The van der Waals surface area contributed by atoms with Gasteiger partial charge in [0, 0.05) is 12.6 Å². The molecule has 100 valence electrons. The van der Waals surface area contributed by atoms with Gasteiger partial charge >= 0.3 is 0 Å². The molecule has 0 radical (unpaired) electrons. The fourth-order valence-corrected chi connectivity index (χ4v) is 3.41. The summed E-state index contributed by atoms with van der Waals surface area (Å²) < 4.78 is 0. The van der Waals surface area contributed by atoms with E-state index in [0.29, 0.717) is 5.41 Å². The van der Waals surface area contributed by atoms with Crippen LogP contribution in [0.2, 0.25) is 0 Å². The molecule has 0 saturated heterocycles. The maximum Gasteiger partial charge on any atom is 0.00923 e. The van der Waals surface area contributed by atoms with Gasteiger partial charge in [0.05, 0.1) is 0 Å². The van der Waals surface area contributed by atoms with Crippen molar-refractivity contribution < 1.29 is 0 Å². The van der Waals surface area contributed by atoms with Gasteiger partial charge in [-0.1, -0.05) is 19.8 Å². The lowest BCUT2D eigenvalue weighted by Gasteiger charge is -2.42. The van der Waals surface area contributed by atoms with E-state index >= 15 is 0 Å². The zero-order valence-electron chi connectivity index (χ0n) is 11.9. The van der Waals surface area contributed by atoms with Crippen molar-refractivity contribution in [3.8, 4) is 0 Å². The minimum atomic E-state index is 0.421. The Kier molecular flexibility index (Phi) is 4.14. The van der Waals surface area contributed by atoms with Crippen molar-refractivity contribution in [1.29, 1.82) is 0 Å². The average Bonchev–Trinajstić information content (AvgIpc) is 3.15. The molecule has 0 aromatic heterocycles. The van der Waals surface area contributed by atoms with Gasteiger partial charge in [-0.15, -0.1) is 0 Å². The lowest BCUT2D eigenvalue weighted by atomic mass is 9.70. The summed E-state index contributed by atoms with van der Waals surface area (Å²) in [5.74, 6) is 1.89. The monoisotopic (exact) mass is 238 g/mol. The van der Waals surface area contributed by atoms with Crippen LogP contribution >= 0.6 is 0 Å². The molecule has 2 heteroatoms. The molecular formula is C15H30N2. The van der Waals surface area contributed by atoms with Crippen LogP contribution in [0.5, 0.6) is 0 Å². The van der Waals surface area contributed by atoms with Crippen molar-refractivity contribution in [2.75, 3.05) is 20.1 Å². The van der Waals surface area contributed by atoms with Crippen molar-refractivity contribution in [1.82, 2.24) is 4.90 Å². The van der Waals surface area contributed by atoms with Crippen molar-refractivity contribution in [2.24, 2.45) is 23.0 Å². The number of nitrogens with two attached hydrogens (primary N) is 1. The van der Waals surface area contributed by atoms with Crippen LogP contribution in [0.25, 0.3) is 0 Å². The fraction of sp³-hybridized carbons (Fsp3) is 1.00. The molecule has 2 saturated carbocycles. The molecule has 2 aliphatic rings. The van der Waals surface area contributed by atoms with E-state index in [1.165, 1.54) is 45.1 Å². The molecule has 0 spiro atoms. The zero-order valence-corrected chi connectivity index (χ0v) is 11.9. The Morgan fingerprint density at radius 3 is 2.29 bits per heavy atom. The third-order valence-corrected chi connectivity index (χ3v) is 5.35. The number of hydrogen-bond acceptors (Lipinski definition) is 2. The summed E-state index contributed by atoms with van der Waals surface area (Å²) in [6, 6.07) is 0.762. The highest BCUT2D eigenvalue weighted by Gasteiger charge is 2.37.